The van der Waals surface area contributed by atoms with Crippen LogP contribution in [0.4, 0.5) is 0 Å². The van der Waals surface area contributed by atoms with Gasteiger partial charge in [-0.3, -0.25) is 0 Å². The molecule has 0 bridgehead atoms. The lowest BCUT2D eigenvalue weighted by molar-refractivity contribution is -0.904. The Labute approximate surface area is 138 Å². The van der Waals surface area contributed by atoms with E-state index in [0.717, 1.165) is 24.4 Å². The summed E-state index contributed by atoms with van der Waals surface area (Å²) < 4.78 is 20.9. The van der Waals surface area contributed by atoms with Crippen LogP contribution in [0.1, 0.15) is 5.56 Å². The molecule has 0 saturated carbocycles. The Hall–Kier alpha value is -1.18. The predicted molar refractivity (Wildman–Crippen MR) is 88.0 cm³/mol. The highest BCUT2D eigenvalue weighted by Gasteiger charge is 2.15. The third-order valence-electron chi connectivity index (χ3n) is 3.58. The van der Waals surface area contributed by atoms with Gasteiger partial charge in [-0.15, -0.1) is 0 Å². The number of quaternary nitrogens is 1. The van der Waals surface area contributed by atoms with Crippen molar-refractivity contribution in [2.45, 2.75) is 12.7 Å². The quantitative estimate of drug-likeness (QED) is 0.523. The zero-order valence-corrected chi connectivity index (χ0v) is 14.4. The smallest absolute Gasteiger partial charge is 0.126 e. The topological polar surface area (TPSA) is 61.6 Å². The molecule has 0 aromatic heterocycles. The van der Waals surface area contributed by atoms with E-state index < -0.39 is 6.10 Å². The van der Waals surface area contributed by atoms with E-state index in [2.05, 4.69) is 0 Å². The van der Waals surface area contributed by atoms with E-state index in [1.165, 1.54) is 4.90 Å². The normalized spacial score (nSPS) is 12.6. The fourth-order valence-electron chi connectivity index (χ4n) is 2.25. The summed E-state index contributed by atoms with van der Waals surface area (Å²) in [6.07, 6.45) is -0.503. The number of nitrogens with one attached hydrogen (secondary N) is 1. The molecule has 6 nitrogen and oxygen atoms in total. The molecule has 23 heavy (non-hydrogen) atoms. The maximum Gasteiger partial charge on any atom is 0.126 e. The van der Waals surface area contributed by atoms with Gasteiger partial charge < -0.3 is 29.0 Å². The van der Waals surface area contributed by atoms with Gasteiger partial charge in [0, 0.05) is 14.2 Å². The molecule has 2 N–H and O–H groups in total. The number of ether oxygens (including phenoxy) is 4. The molecule has 0 saturated heterocycles. The number of hydrogen-bond donors (Lipinski definition) is 2. The van der Waals surface area contributed by atoms with Crippen molar-refractivity contribution in [3.8, 4) is 5.75 Å². The first-order valence-electron chi connectivity index (χ1n) is 7.89. The van der Waals surface area contributed by atoms with Gasteiger partial charge in [0.05, 0.1) is 33.5 Å². The fourth-order valence-corrected chi connectivity index (χ4v) is 2.25. The van der Waals surface area contributed by atoms with Gasteiger partial charge in [-0.2, -0.15) is 0 Å². The van der Waals surface area contributed by atoms with Crippen molar-refractivity contribution < 1.29 is 29.0 Å². The van der Waals surface area contributed by atoms with Gasteiger partial charge >= 0.3 is 0 Å². The monoisotopic (exact) mass is 328 g/mol. The Balaban J connectivity index is 2.28. The van der Waals surface area contributed by atoms with Crippen LogP contribution in [0, 0.1) is 0 Å². The zero-order chi connectivity index (χ0) is 16.9. The molecule has 1 rings (SSSR count). The first kappa shape index (κ1) is 19.9. The molecule has 0 aliphatic heterocycles. The highest BCUT2D eigenvalue weighted by atomic mass is 16.5. The van der Waals surface area contributed by atoms with Crippen molar-refractivity contribution in [2.75, 3.05) is 60.8 Å². The molecule has 0 radical (unpaired) electrons. The van der Waals surface area contributed by atoms with Crippen LogP contribution in [-0.4, -0.2) is 72.0 Å². The Morgan fingerprint density at radius 2 is 1.61 bits per heavy atom. The number of methoxy groups -OCH3 is 3. The number of aliphatic hydroxyl groups excluding tert-OH is 1. The Morgan fingerprint density at radius 3 is 2.13 bits per heavy atom. The second-order valence-electron chi connectivity index (χ2n) is 5.46. The summed E-state index contributed by atoms with van der Waals surface area (Å²) in [5, 5.41) is 10.1. The summed E-state index contributed by atoms with van der Waals surface area (Å²) in [6, 6.07) is 7.72. The lowest BCUT2D eigenvalue weighted by Gasteiger charge is -2.21. The van der Waals surface area contributed by atoms with E-state index in [1.54, 1.807) is 21.3 Å². The molecule has 1 atom stereocenters. The van der Waals surface area contributed by atoms with Gasteiger partial charge in [0.15, 0.2) is 0 Å². The number of rotatable bonds is 13. The first-order valence-corrected chi connectivity index (χ1v) is 7.89. The highest BCUT2D eigenvalue weighted by Crippen LogP contribution is 2.11. The molecule has 0 heterocycles. The standard InChI is InChI=1S/C17H29NO5/c1-20-10-8-18(9-11-21-2)12-16(19)14-23-13-15-4-6-17(22-3)7-5-15/h4-7,16,19H,8-14H2,1-3H3/p+1/t16-/m1/s1. The fraction of sp³-hybridized carbons (Fsp3) is 0.647. The van der Waals surface area contributed by atoms with Crippen LogP contribution in [0.3, 0.4) is 0 Å². The molecule has 132 valence electrons. The minimum Gasteiger partial charge on any atom is -0.497 e. The first-order chi connectivity index (χ1) is 11.2. The second-order valence-corrected chi connectivity index (χ2v) is 5.46. The zero-order valence-electron chi connectivity index (χ0n) is 14.4. The van der Waals surface area contributed by atoms with Crippen LogP contribution in [0.2, 0.25) is 0 Å². The minimum atomic E-state index is -0.503. The molecule has 6 heteroatoms. The van der Waals surface area contributed by atoms with Gasteiger partial charge in [-0.05, 0) is 17.7 Å². The van der Waals surface area contributed by atoms with Gasteiger partial charge in [0.2, 0.25) is 0 Å². The lowest BCUT2D eigenvalue weighted by atomic mass is 10.2. The van der Waals surface area contributed by atoms with Crippen molar-refractivity contribution in [1.29, 1.82) is 0 Å². The largest absolute Gasteiger partial charge is 0.497 e. The molecule has 0 amide bonds. The molecule has 0 spiro atoms. The van der Waals surface area contributed by atoms with E-state index in [9.17, 15) is 5.11 Å². The summed E-state index contributed by atoms with van der Waals surface area (Å²) in [5.74, 6) is 0.823. The third-order valence-corrected chi connectivity index (χ3v) is 3.58. The maximum atomic E-state index is 10.1. The molecule has 1 aromatic carbocycles. The van der Waals surface area contributed by atoms with E-state index >= 15 is 0 Å². The van der Waals surface area contributed by atoms with Crippen LogP contribution in [0.15, 0.2) is 24.3 Å². The molecule has 0 aliphatic carbocycles. The lowest BCUT2D eigenvalue weighted by Crippen LogP contribution is -3.14. The van der Waals surface area contributed by atoms with E-state index in [-0.39, 0.29) is 0 Å². The van der Waals surface area contributed by atoms with Crippen molar-refractivity contribution in [2.24, 2.45) is 0 Å². The van der Waals surface area contributed by atoms with Gasteiger partial charge in [-0.1, -0.05) is 12.1 Å². The third kappa shape index (κ3) is 8.88. The minimum absolute atomic E-state index is 0.315. The van der Waals surface area contributed by atoms with Gasteiger partial charge in [-0.25, -0.2) is 0 Å². The van der Waals surface area contributed by atoms with Crippen LogP contribution < -0.4 is 9.64 Å². The Kier molecular flexibility index (Phi) is 10.6. The Bertz CT molecular complexity index is 390. The van der Waals surface area contributed by atoms with Crippen LogP contribution in [0.5, 0.6) is 5.75 Å². The second kappa shape index (κ2) is 12.3. The SMILES string of the molecule is COCC[NH+](CCOC)C[C@@H](O)COCc1ccc(OC)cc1. The molecule has 0 fully saturated rings. The van der Waals surface area contributed by atoms with Crippen LogP contribution in [0.25, 0.3) is 0 Å². The molecular weight excluding hydrogens is 298 g/mol. The average molecular weight is 328 g/mol. The predicted octanol–water partition coefficient (Wildman–Crippen LogP) is -0.250. The Morgan fingerprint density at radius 1 is 1.00 bits per heavy atom. The van der Waals surface area contributed by atoms with Gasteiger partial charge in [0.25, 0.3) is 0 Å². The number of hydrogen-bond acceptors (Lipinski definition) is 5. The van der Waals surface area contributed by atoms with Crippen molar-refractivity contribution >= 4 is 0 Å². The van der Waals surface area contributed by atoms with Crippen molar-refractivity contribution in [3.05, 3.63) is 29.8 Å². The van der Waals surface area contributed by atoms with Crippen molar-refractivity contribution in [1.82, 2.24) is 0 Å². The van der Waals surface area contributed by atoms with E-state index in [0.29, 0.717) is 33.0 Å². The summed E-state index contributed by atoms with van der Waals surface area (Å²) in [6.45, 7) is 4.43. The van der Waals surface area contributed by atoms with Crippen molar-refractivity contribution in [3.63, 3.8) is 0 Å². The molecular formula is C17H30NO5+. The summed E-state index contributed by atoms with van der Waals surface area (Å²) in [5.41, 5.74) is 1.06. The number of benzene rings is 1. The molecule has 0 aliphatic rings. The summed E-state index contributed by atoms with van der Waals surface area (Å²) >= 11 is 0. The van der Waals surface area contributed by atoms with Gasteiger partial charge in [0.1, 0.15) is 31.5 Å². The van der Waals surface area contributed by atoms with Crippen LogP contribution in [-0.2, 0) is 20.8 Å². The average Bonchev–Trinajstić information content (AvgIpc) is 2.58. The van der Waals surface area contributed by atoms with E-state index in [1.807, 2.05) is 24.3 Å². The highest BCUT2D eigenvalue weighted by molar-refractivity contribution is 5.26. The number of aliphatic hydroxyl groups is 1. The summed E-state index contributed by atoms with van der Waals surface area (Å²) in [7, 11) is 5.01. The van der Waals surface area contributed by atoms with Crippen LogP contribution >= 0.6 is 0 Å². The molecule has 0 unspecified atom stereocenters. The van der Waals surface area contributed by atoms with E-state index in [4.69, 9.17) is 18.9 Å². The maximum absolute atomic E-state index is 10.1. The molecule has 1 aromatic rings. The summed E-state index contributed by atoms with van der Waals surface area (Å²) in [4.78, 5) is 1.24.